The molecule has 31 heavy (non-hydrogen) atoms. The molecule has 0 spiro atoms. The van der Waals surface area contributed by atoms with E-state index in [9.17, 15) is 31.7 Å². The molecule has 7 nitrogen and oxygen atoms in total. The first-order valence-corrected chi connectivity index (χ1v) is 10.7. The van der Waals surface area contributed by atoms with Crippen molar-refractivity contribution in [3.63, 3.8) is 0 Å². The molecule has 0 radical (unpaired) electrons. The Balaban J connectivity index is 0.00000341. The van der Waals surface area contributed by atoms with E-state index in [1.807, 2.05) is 18.2 Å². The number of nitro groups is 1. The number of nitrogens with one attached hydrogen (secondary N) is 1. The minimum atomic E-state index is -4.81. The lowest BCUT2D eigenvalue weighted by Gasteiger charge is -2.28. The smallest absolute Gasteiger partial charge is 0.299 e. The first-order valence-electron chi connectivity index (χ1n) is 9.22. The van der Waals surface area contributed by atoms with Gasteiger partial charge < -0.3 is 0 Å². The van der Waals surface area contributed by atoms with Crippen molar-refractivity contribution >= 4 is 28.1 Å². The molecule has 0 unspecified atom stereocenters. The second kappa shape index (κ2) is 9.94. The monoisotopic (exact) mass is 479 g/mol. The normalized spacial score (nSPS) is 14.5. The average Bonchev–Trinajstić information content (AvgIpc) is 2.70. The molecule has 2 aromatic carbocycles. The van der Waals surface area contributed by atoms with Crippen LogP contribution in [0, 0.1) is 10.1 Å². The lowest BCUT2D eigenvalue weighted by molar-refractivity contribution is -0.388. The minimum absolute atomic E-state index is 0. The maximum Gasteiger partial charge on any atom is 0.416 e. The fourth-order valence-corrected chi connectivity index (χ4v) is 4.62. The van der Waals surface area contributed by atoms with Gasteiger partial charge >= 0.3 is 6.18 Å². The Labute approximate surface area is 183 Å². The third kappa shape index (κ3) is 6.16. The number of fused-ring (bicyclic) bond motifs is 1. The molecule has 0 saturated heterocycles. The third-order valence-electron chi connectivity index (χ3n) is 4.93. The van der Waals surface area contributed by atoms with Crippen LogP contribution < -0.4 is 4.72 Å². The molecule has 3 rings (SSSR count). The van der Waals surface area contributed by atoms with Crippen molar-refractivity contribution < 1.29 is 26.5 Å². The van der Waals surface area contributed by atoms with Crippen LogP contribution in [-0.2, 0) is 29.2 Å². The SMILES string of the molecule is Cl.O=[N+]([O-])c1cc(C(F)(F)F)ccc1S(=O)(=O)NCCCN1CCc2ccccc2C1. The van der Waals surface area contributed by atoms with Crippen LogP contribution in [0.25, 0.3) is 0 Å². The van der Waals surface area contributed by atoms with Crippen LogP contribution in [0.4, 0.5) is 18.9 Å². The summed E-state index contributed by atoms with van der Waals surface area (Å²) in [5.41, 5.74) is 0.136. The van der Waals surface area contributed by atoms with Crippen molar-refractivity contribution in [3.8, 4) is 0 Å². The lowest BCUT2D eigenvalue weighted by atomic mass is 10.00. The maximum absolute atomic E-state index is 12.8. The molecule has 0 aromatic heterocycles. The van der Waals surface area contributed by atoms with Gasteiger partial charge in [-0.3, -0.25) is 15.0 Å². The van der Waals surface area contributed by atoms with Crippen molar-refractivity contribution in [3.05, 3.63) is 69.3 Å². The number of rotatable bonds is 7. The van der Waals surface area contributed by atoms with Gasteiger partial charge in [0.05, 0.1) is 10.5 Å². The topological polar surface area (TPSA) is 92.5 Å². The van der Waals surface area contributed by atoms with Gasteiger partial charge in [0.25, 0.3) is 5.69 Å². The van der Waals surface area contributed by atoms with Gasteiger partial charge in [-0.05, 0) is 42.6 Å². The molecule has 1 aliphatic heterocycles. The molecule has 0 bridgehead atoms. The molecule has 2 aromatic rings. The van der Waals surface area contributed by atoms with E-state index in [0.29, 0.717) is 25.1 Å². The van der Waals surface area contributed by atoms with Gasteiger partial charge in [-0.25, -0.2) is 13.1 Å². The van der Waals surface area contributed by atoms with Crippen LogP contribution in [-0.4, -0.2) is 37.9 Å². The number of nitrogens with zero attached hydrogens (tertiary/aromatic N) is 2. The van der Waals surface area contributed by atoms with Crippen molar-refractivity contribution in [2.24, 2.45) is 0 Å². The fourth-order valence-electron chi connectivity index (χ4n) is 3.40. The minimum Gasteiger partial charge on any atom is -0.299 e. The Hall–Kier alpha value is -2.21. The number of benzene rings is 2. The van der Waals surface area contributed by atoms with Gasteiger partial charge in [0, 0.05) is 25.7 Å². The Morgan fingerprint density at radius 3 is 2.45 bits per heavy atom. The zero-order valence-corrected chi connectivity index (χ0v) is 17.9. The molecule has 170 valence electrons. The fraction of sp³-hybridized carbons (Fsp3) is 0.368. The van der Waals surface area contributed by atoms with Gasteiger partial charge in [-0.1, -0.05) is 24.3 Å². The number of hydrogen-bond acceptors (Lipinski definition) is 5. The summed E-state index contributed by atoms with van der Waals surface area (Å²) in [4.78, 5) is 11.4. The summed E-state index contributed by atoms with van der Waals surface area (Å²) in [5.74, 6) is 0. The van der Waals surface area contributed by atoms with E-state index in [-0.39, 0.29) is 25.0 Å². The van der Waals surface area contributed by atoms with E-state index in [0.717, 1.165) is 19.5 Å². The molecule has 1 heterocycles. The van der Waals surface area contributed by atoms with Gasteiger partial charge in [-0.15, -0.1) is 12.4 Å². The first kappa shape index (κ1) is 25.1. The van der Waals surface area contributed by atoms with E-state index in [2.05, 4.69) is 15.7 Å². The van der Waals surface area contributed by atoms with Crippen LogP contribution in [0.5, 0.6) is 0 Å². The molecule has 12 heteroatoms. The molecule has 0 aliphatic carbocycles. The quantitative estimate of drug-likeness (QED) is 0.371. The van der Waals surface area contributed by atoms with Crippen molar-refractivity contribution in [2.45, 2.75) is 30.5 Å². The predicted octanol–water partition coefficient (Wildman–Crippen LogP) is 3.76. The Morgan fingerprint density at radius 1 is 1.13 bits per heavy atom. The van der Waals surface area contributed by atoms with Crippen LogP contribution >= 0.6 is 12.4 Å². The van der Waals surface area contributed by atoms with Gasteiger partial charge in [0.2, 0.25) is 10.0 Å². The number of sulfonamides is 1. The van der Waals surface area contributed by atoms with Gasteiger partial charge in [0.15, 0.2) is 4.90 Å². The molecule has 1 aliphatic rings. The second-order valence-electron chi connectivity index (χ2n) is 6.98. The number of halogens is 4. The summed E-state index contributed by atoms with van der Waals surface area (Å²) in [6.07, 6.45) is -3.46. The molecular formula is C19H21ClF3N3O4S. The largest absolute Gasteiger partial charge is 0.416 e. The molecular weight excluding hydrogens is 459 g/mol. The molecule has 0 amide bonds. The summed E-state index contributed by atoms with van der Waals surface area (Å²) in [5, 5.41) is 11.1. The van der Waals surface area contributed by atoms with Crippen LogP contribution in [0.1, 0.15) is 23.1 Å². The van der Waals surface area contributed by atoms with Gasteiger partial charge in [0.1, 0.15) is 0 Å². The lowest BCUT2D eigenvalue weighted by Crippen LogP contribution is -2.33. The van der Waals surface area contributed by atoms with E-state index in [1.54, 1.807) is 0 Å². The maximum atomic E-state index is 12.8. The second-order valence-corrected chi connectivity index (χ2v) is 8.72. The Morgan fingerprint density at radius 2 is 1.81 bits per heavy atom. The number of alkyl halides is 3. The Kier molecular flexibility index (Phi) is 8.04. The zero-order valence-electron chi connectivity index (χ0n) is 16.3. The Bertz CT molecular complexity index is 1050. The van der Waals surface area contributed by atoms with E-state index < -0.39 is 37.3 Å². The molecule has 0 atom stereocenters. The molecule has 0 saturated carbocycles. The standard InChI is InChI=1S/C19H20F3N3O4S.ClH/c20-19(21,22)16-6-7-18(17(12-16)25(26)27)30(28,29)23-9-3-10-24-11-8-14-4-1-2-5-15(14)13-24;/h1-2,4-7,12,23H,3,8-11,13H2;1H. The van der Waals surface area contributed by atoms with Crippen LogP contribution in [0.2, 0.25) is 0 Å². The highest BCUT2D eigenvalue weighted by Crippen LogP contribution is 2.34. The van der Waals surface area contributed by atoms with Crippen LogP contribution in [0.3, 0.4) is 0 Å². The highest BCUT2D eigenvalue weighted by atomic mass is 35.5. The van der Waals surface area contributed by atoms with Gasteiger partial charge in [-0.2, -0.15) is 13.2 Å². The predicted molar refractivity (Wildman–Crippen MR) is 111 cm³/mol. The van der Waals surface area contributed by atoms with E-state index >= 15 is 0 Å². The summed E-state index contributed by atoms with van der Waals surface area (Å²) < 4.78 is 65.4. The van der Waals surface area contributed by atoms with Crippen molar-refractivity contribution in [1.29, 1.82) is 0 Å². The number of hydrogen-bond donors (Lipinski definition) is 1. The molecule has 0 fully saturated rings. The number of nitro benzene ring substituents is 1. The third-order valence-corrected chi connectivity index (χ3v) is 6.43. The summed E-state index contributed by atoms with van der Waals surface area (Å²) >= 11 is 0. The molecule has 1 N–H and O–H groups in total. The first-order chi connectivity index (χ1) is 14.1. The average molecular weight is 480 g/mol. The van der Waals surface area contributed by atoms with E-state index in [1.165, 1.54) is 11.1 Å². The van der Waals surface area contributed by atoms with Crippen LogP contribution in [0.15, 0.2) is 47.4 Å². The summed E-state index contributed by atoms with van der Waals surface area (Å²) in [6, 6.07) is 9.46. The summed E-state index contributed by atoms with van der Waals surface area (Å²) in [6.45, 7) is 2.23. The highest BCUT2D eigenvalue weighted by molar-refractivity contribution is 7.89. The summed E-state index contributed by atoms with van der Waals surface area (Å²) in [7, 11) is -4.33. The van der Waals surface area contributed by atoms with Crippen molar-refractivity contribution in [2.75, 3.05) is 19.6 Å². The van der Waals surface area contributed by atoms with Crippen molar-refractivity contribution in [1.82, 2.24) is 9.62 Å². The zero-order chi connectivity index (χ0) is 21.9. The van der Waals surface area contributed by atoms with E-state index in [4.69, 9.17) is 0 Å². The highest BCUT2D eigenvalue weighted by Gasteiger charge is 2.35.